The third-order valence-electron chi connectivity index (χ3n) is 3.17. The molecule has 4 heteroatoms. The number of methoxy groups -OCH3 is 2. The van der Waals surface area contributed by atoms with Crippen molar-refractivity contribution in [1.29, 1.82) is 0 Å². The number of aromatic nitrogens is 1. The maximum absolute atomic E-state index is 12.4. The van der Waals surface area contributed by atoms with Crippen LogP contribution < -0.4 is 14.9 Å². The Balaban J connectivity index is 2.92. The Labute approximate surface area is 106 Å². The number of nitrogens with one attached hydrogen (secondary N) is 1. The molecule has 1 heterocycles. The molecule has 0 atom stereocenters. The van der Waals surface area contributed by atoms with Crippen LogP contribution in [-0.2, 0) is 6.42 Å². The van der Waals surface area contributed by atoms with E-state index in [1.807, 2.05) is 13.8 Å². The molecule has 18 heavy (non-hydrogen) atoms. The molecule has 1 N–H and O–H groups in total. The molecule has 0 aliphatic rings. The molecule has 0 aliphatic heterocycles. The lowest BCUT2D eigenvalue weighted by Gasteiger charge is -2.11. The Morgan fingerprint density at radius 2 is 1.94 bits per heavy atom. The van der Waals surface area contributed by atoms with E-state index in [-0.39, 0.29) is 5.43 Å². The highest BCUT2D eigenvalue weighted by atomic mass is 16.5. The SMILES string of the molecule is CCc1c(C)[nH]c2c(OC)cc(OC)cc2c1=O. The second kappa shape index (κ2) is 4.72. The van der Waals surface area contributed by atoms with Crippen molar-refractivity contribution in [3.8, 4) is 11.5 Å². The summed E-state index contributed by atoms with van der Waals surface area (Å²) in [6, 6.07) is 3.51. The summed E-state index contributed by atoms with van der Waals surface area (Å²) in [5, 5.41) is 0.605. The zero-order chi connectivity index (χ0) is 13.3. The van der Waals surface area contributed by atoms with E-state index in [0.29, 0.717) is 23.3 Å². The van der Waals surface area contributed by atoms with Gasteiger partial charge < -0.3 is 14.5 Å². The van der Waals surface area contributed by atoms with Gasteiger partial charge in [0.15, 0.2) is 5.43 Å². The summed E-state index contributed by atoms with van der Waals surface area (Å²) in [5.74, 6) is 1.24. The molecule has 0 fully saturated rings. The van der Waals surface area contributed by atoms with Gasteiger partial charge in [0, 0.05) is 17.3 Å². The Kier molecular flexibility index (Phi) is 3.28. The fraction of sp³-hybridized carbons (Fsp3) is 0.357. The lowest BCUT2D eigenvalue weighted by molar-refractivity contribution is 0.397. The van der Waals surface area contributed by atoms with Crippen LogP contribution in [0.15, 0.2) is 16.9 Å². The normalized spacial score (nSPS) is 10.7. The minimum absolute atomic E-state index is 0.0425. The smallest absolute Gasteiger partial charge is 0.193 e. The molecule has 0 amide bonds. The maximum atomic E-state index is 12.4. The predicted molar refractivity (Wildman–Crippen MR) is 71.8 cm³/mol. The number of aryl methyl sites for hydroxylation is 1. The second-order valence-electron chi connectivity index (χ2n) is 4.16. The first-order valence-corrected chi connectivity index (χ1v) is 5.89. The van der Waals surface area contributed by atoms with Gasteiger partial charge >= 0.3 is 0 Å². The molecule has 0 saturated carbocycles. The zero-order valence-corrected chi connectivity index (χ0v) is 11.1. The Hall–Kier alpha value is -1.97. The van der Waals surface area contributed by atoms with E-state index in [0.717, 1.165) is 16.8 Å². The summed E-state index contributed by atoms with van der Waals surface area (Å²) in [6.45, 7) is 3.88. The topological polar surface area (TPSA) is 51.3 Å². The first-order chi connectivity index (χ1) is 8.62. The van der Waals surface area contributed by atoms with E-state index in [9.17, 15) is 4.79 Å². The van der Waals surface area contributed by atoms with Gasteiger partial charge in [-0.2, -0.15) is 0 Å². The van der Waals surface area contributed by atoms with E-state index in [1.165, 1.54) is 0 Å². The van der Waals surface area contributed by atoms with Crippen molar-refractivity contribution in [3.05, 3.63) is 33.6 Å². The van der Waals surface area contributed by atoms with Crippen LogP contribution in [0.4, 0.5) is 0 Å². The molecule has 0 bridgehead atoms. The number of rotatable bonds is 3. The van der Waals surface area contributed by atoms with E-state index in [2.05, 4.69) is 4.98 Å². The number of ether oxygens (including phenoxy) is 2. The van der Waals surface area contributed by atoms with Crippen LogP contribution in [0.25, 0.3) is 10.9 Å². The van der Waals surface area contributed by atoms with Gasteiger partial charge in [-0.15, -0.1) is 0 Å². The van der Waals surface area contributed by atoms with Crippen LogP contribution in [0.3, 0.4) is 0 Å². The molecule has 0 unspecified atom stereocenters. The minimum atomic E-state index is 0.0425. The van der Waals surface area contributed by atoms with Gasteiger partial charge in [-0.3, -0.25) is 4.79 Å². The number of pyridine rings is 1. The molecule has 1 aromatic carbocycles. The highest BCUT2D eigenvalue weighted by Gasteiger charge is 2.12. The molecule has 4 nitrogen and oxygen atoms in total. The van der Waals surface area contributed by atoms with Crippen molar-refractivity contribution < 1.29 is 9.47 Å². The molecule has 2 rings (SSSR count). The average Bonchev–Trinajstić information content (AvgIpc) is 2.38. The summed E-state index contributed by atoms with van der Waals surface area (Å²) in [7, 11) is 3.15. The molecule has 0 spiro atoms. The molecular weight excluding hydrogens is 230 g/mol. The van der Waals surface area contributed by atoms with E-state index in [4.69, 9.17) is 9.47 Å². The van der Waals surface area contributed by atoms with E-state index in [1.54, 1.807) is 26.4 Å². The highest BCUT2D eigenvalue weighted by Crippen LogP contribution is 2.28. The van der Waals surface area contributed by atoms with Crippen LogP contribution in [0.5, 0.6) is 11.5 Å². The van der Waals surface area contributed by atoms with E-state index >= 15 is 0 Å². The van der Waals surface area contributed by atoms with Gasteiger partial charge in [-0.1, -0.05) is 6.92 Å². The van der Waals surface area contributed by atoms with Crippen molar-refractivity contribution in [2.24, 2.45) is 0 Å². The quantitative estimate of drug-likeness (QED) is 0.906. The summed E-state index contributed by atoms with van der Waals surface area (Å²) in [6.07, 6.45) is 0.705. The highest BCUT2D eigenvalue weighted by molar-refractivity contribution is 5.86. The van der Waals surface area contributed by atoms with Crippen molar-refractivity contribution in [1.82, 2.24) is 4.98 Å². The van der Waals surface area contributed by atoms with Gasteiger partial charge in [0.25, 0.3) is 0 Å². The molecule has 96 valence electrons. The first-order valence-electron chi connectivity index (χ1n) is 5.89. The third-order valence-corrected chi connectivity index (χ3v) is 3.17. The monoisotopic (exact) mass is 247 g/mol. The summed E-state index contributed by atoms with van der Waals surface area (Å²) < 4.78 is 10.5. The molecule has 1 aromatic heterocycles. The lowest BCUT2D eigenvalue weighted by Crippen LogP contribution is -2.13. The van der Waals surface area contributed by atoms with Gasteiger partial charge in [0.1, 0.15) is 11.5 Å². The van der Waals surface area contributed by atoms with Crippen LogP contribution in [-0.4, -0.2) is 19.2 Å². The number of fused-ring (bicyclic) bond motifs is 1. The van der Waals surface area contributed by atoms with Crippen LogP contribution in [0, 0.1) is 6.92 Å². The Morgan fingerprint density at radius 1 is 1.22 bits per heavy atom. The fourth-order valence-corrected chi connectivity index (χ4v) is 2.20. The number of aromatic amines is 1. The largest absolute Gasteiger partial charge is 0.497 e. The van der Waals surface area contributed by atoms with Crippen LogP contribution in [0.2, 0.25) is 0 Å². The fourth-order valence-electron chi connectivity index (χ4n) is 2.20. The van der Waals surface area contributed by atoms with Crippen molar-refractivity contribution in [3.63, 3.8) is 0 Å². The number of hydrogen-bond donors (Lipinski definition) is 1. The third kappa shape index (κ3) is 1.83. The summed E-state index contributed by atoms with van der Waals surface area (Å²) >= 11 is 0. The standard InChI is InChI=1S/C14H17NO3/c1-5-10-8(2)15-13-11(14(10)16)6-9(17-3)7-12(13)18-4/h6-7H,5H2,1-4H3,(H,15,16). The van der Waals surface area contributed by atoms with Crippen LogP contribution in [0.1, 0.15) is 18.2 Å². The average molecular weight is 247 g/mol. The number of benzene rings is 1. The second-order valence-corrected chi connectivity index (χ2v) is 4.16. The molecule has 0 radical (unpaired) electrons. The minimum Gasteiger partial charge on any atom is -0.497 e. The van der Waals surface area contributed by atoms with E-state index < -0.39 is 0 Å². The van der Waals surface area contributed by atoms with Gasteiger partial charge in [-0.25, -0.2) is 0 Å². The molecule has 0 aliphatic carbocycles. The van der Waals surface area contributed by atoms with Gasteiger partial charge in [0.2, 0.25) is 0 Å². The van der Waals surface area contributed by atoms with Gasteiger partial charge in [-0.05, 0) is 19.4 Å². The predicted octanol–water partition coefficient (Wildman–Crippen LogP) is 2.42. The Morgan fingerprint density at radius 3 is 2.50 bits per heavy atom. The van der Waals surface area contributed by atoms with Crippen molar-refractivity contribution >= 4 is 10.9 Å². The molecular formula is C14H17NO3. The van der Waals surface area contributed by atoms with Crippen molar-refractivity contribution in [2.45, 2.75) is 20.3 Å². The zero-order valence-electron chi connectivity index (χ0n) is 11.1. The summed E-state index contributed by atoms with van der Waals surface area (Å²) in [5.41, 5.74) is 2.45. The number of hydrogen-bond acceptors (Lipinski definition) is 3. The summed E-state index contributed by atoms with van der Waals surface area (Å²) in [4.78, 5) is 15.6. The molecule has 2 aromatic rings. The van der Waals surface area contributed by atoms with Crippen molar-refractivity contribution in [2.75, 3.05) is 14.2 Å². The number of H-pyrrole nitrogens is 1. The Bertz CT molecular complexity index is 644. The van der Waals surface area contributed by atoms with Crippen LogP contribution >= 0.6 is 0 Å². The molecule has 0 saturated heterocycles. The maximum Gasteiger partial charge on any atom is 0.193 e. The lowest BCUT2D eigenvalue weighted by atomic mass is 10.1. The van der Waals surface area contributed by atoms with Gasteiger partial charge in [0.05, 0.1) is 25.1 Å². The first kappa shape index (κ1) is 12.5.